The number of nitrogens with one attached hydrogen (secondary N) is 2. The fraction of sp³-hybridized carbons (Fsp3) is 0.312. The number of H-pyrrole nitrogens is 1. The molecule has 7 heteroatoms. The average Bonchev–Trinajstić information content (AvgIpc) is 2.90. The summed E-state index contributed by atoms with van der Waals surface area (Å²) in [6, 6.07) is 3.89. The Morgan fingerprint density at radius 1 is 1.48 bits per heavy atom. The molecule has 1 aromatic carbocycles. The molecule has 0 fully saturated rings. The van der Waals surface area contributed by atoms with Gasteiger partial charge in [0.15, 0.2) is 11.4 Å². The Bertz CT molecular complexity index is 774. The number of rotatable bonds is 8. The van der Waals surface area contributed by atoms with E-state index in [4.69, 9.17) is 9.15 Å². The lowest BCUT2D eigenvalue weighted by Gasteiger charge is -2.16. The lowest BCUT2D eigenvalue weighted by Crippen LogP contribution is -2.39. The average molecular weight is 318 g/mol. The highest BCUT2D eigenvalue weighted by Crippen LogP contribution is 2.15. The van der Waals surface area contributed by atoms with Crippen molar-refractivity contribution in [2.75, 3.05) is 13.2 Å². The van der Waals surface area contributed by atoms with Crippen molar-refractivity contribution in [1.29, 1.82) is 0 Å². The van der Waals surface area contributed by atoms with Crippen LogP contribution in [-0.2, 0) is 9.53 Å². The third-order valence-corrected chi connectivity index (χ3v) is 3.21. The number of Topliss-reactive ketones (excluding diaryl/α,β-unsaturated/α-hetero) is 1. The molecule has 2 aromatic rings. The van der Waals surface area contributed by atoms with E-state index in [1.165, 1.54) is 6.07 Å². The quantitative estimate of drug-likeness (QED) is 0.433. The molecular weight excluding hydrogens is 300 g/mol. The number of aromatic amines is 1. The van der Waals surface area contributed by atoms with Gasteiger partial charge in [-0.2, -0.15) is 0 Å². The van der Waals surface area contributed by atoms with Gasteiger partial charge in [0.05, 0.1) is 24.6 Å². The van der Waals surface area contributed by atoms with Crippen molar-refractivity contribution < 1.29 is 18.7 Å². The van der Waals surface area contributed by atoms with Gasteiger partial charge in [-0.3, -0.25) is 14.6 Å². The van der Waals surface area contributed by atoms with Crippen molar-refractivity contribution in [3.05, 3.63) is 47.0 Å². The normalized spacial score (nSPS) is 12.0. The van der Waals surface area contributed by atoms with Gasteiger partial charge in [-0.05, 0) is 25.1 Å². The van der Waals surface area contributed by atoms with Crippen LogP contribution in [0.3, 0.4) is 0 Å². The van der Waals surface area contributed by atoms with E-state index in [0.29, 0.717) is 23.2 Å². The number of benzene rings is 1. The van der Waals surface area contributed by atoms with E-state index < -0.39 is 17.8 Å². The number of ether oxygens (including phenoxy) is 1. The van der Waals surface area contributed by atoms with Gasteiger partial charge in [0.1, 0.15) is 0 Å². The van der Waals surface area contributed by atoms with Crippen LogP contribution in [0.5, 0.6) is 0 Å². The summed E-state index contributed by atoms with van der Waals surface area (Å²) in [5.41, 5.74) is 1.14. The summed E-state index contributed by atoms with van der Waals surface area (Å²) in [4.78, 5) is 37.9. The van der Waals surface area contributed by atoms with Crippen LogP contribution in [0, 0.1) is 0 Å². The van der Waals surface area contributed by atoms with Gasteiger partial charge in [0.2, 0.25) is 0 Å². The SMILES string of the molecule is C=CCNC(CC(=O)OCC)C(=O)c1ccc2[nH]c(=O)oc2c1. The van der Waals surface area contributed by atoms with Crippen molar-refractivity contribution in [3.8, 4) is 0 Å². The molecule has 1 unspecified atom stereocenters. The Balaban J connectivity index is 2.23. The smallest absolute Gasteiger partial charge is 0.417 e. The Morgan fingerprint density at radius 2 is 2.26 bits per heavy atom. The zero-order valence-electron chi connectivity index (χ0n) is 12.8. The van der Waals surface area contributed by atoms with Gasteiger partial charge in [-0.1, -0.05) is 6.08 Å². The Labute approximate surface area is 132 Å². The minimum Gasteiger partial charge on any atom is -0.466 e. The molecule has 0 aliphatic carbocycles. The van der Waals surface area contributed by atoms with E-state index in [-0.39, 0.29) is 18.8 Å². The highest BCUT2D eigenvalue weighted by molar-refractivity contribution is 6.03. The third-order valence-electron chi connectivity index (χ3n) is 3.21. The monoisotopic (exact) mass is 318 g/mol. The van der Waals surface area contributed by atoms with Crippen LogP contribution >= 0.6 is 0 Å². The molecule has 0 aliphatic rings. The molecule has 1 atom stereocenters. The molecule has 23 heavy (non-hydrogen) atoms. The summed E-state index contributed by atoms with van der Waals surface area (Å²) in [6.07, 6.45) is 1.51. The van der Waals surface area contributed by atoms with Crippen LogP contribution < -0.4 is 11.1 Å². The molecule has 0 radical (unpaired) electrons. The first-order valence-corrected chi connectivity index (χ1v) is 7.22. The minimum absolute atomic E-state index is 0.0877. The van der Waals surface area contributed by atoms with Gasteiger partial charge >= 0.3 is 11.7 Å². The van der Waals surface area contributed by atoms with E-state index in [1.807, 2.05) is 0 Å². The van der Waals surface area contributed by atoms with Crippen molar-refractivity contribution >= 4 is 22.9 Å². The number of hydrogen-bond acceptors (Lipinski definition) is 6. The summed E-state index contributed by atoms with van der Waals surface area (Å²) >= 11 is 0. The number of carbonyl (C=O) groups is 2. The lowest BCUT2D eigenvalue weighted by molar-refractivity contribution is -0.143. The predicted molar refractivity (Wildman–Crippen MR) is 84.4 cm³/mol. The standard InChI is InChI=1S/C16H18N2O5/c1-3-7-17-12(9-14(19)22-4-2)15(20)10-5-6-11-13(8-10)23-16(21)18-11/h3,5-6,8,12,17H,1,4,7,9H2,2H3,(H,18,21). The Kier molecular flexibility index (Phi) is 5.48. The topological polar surface area (TPSA) is 101 Å². The molecule has 0 aliphatic heterocycles. The number of oxazole rings is 1. The molecule has 0 amide bonds. The van der Waals surface area contributed by atoms with Crippen LogP contribution in [0.1, 0.15) is 23.7 Å². The number of fused-ring (bicyclic) bond motifs is 1. The molecule has 0 bridgehead atoms. The van der Waals surface area contributed by atoms with E-state index in [9.17, 15) is 14.4 Å². The van der Waals surface area contributed by atoms with E-state index in [2.05, 4.69) is 16.9 Å². The van der Waals surface area contributed by atoms with Crippen LogP contribution in [0.2, 0.25) is 0 Å². The van der Waals surface area contributed by atoms with Gasteiger partial charge in [0.25, 0.3) is 0 Å². The summed E-state index contributed by atoms with van der Waals surface area (Å²) in [5, 5.41) is 2.94. The lowest BCUT2D eigenvalue weighted by atomic mass is 10.0. The summed E-state index contributed by atoms with van der Waals surface area (Å²) in [6.45, 7) is 5.91. The highest BCUT2D eigenvalue weighted by atomic mass is 16.5. The zero-order chi connectivity index (χ0) is 16.8. The van der Waals surface area contributed by atoms with Gasteiger partial charge in [-0.25, -0.2) is 4.79 Å². The third kappa shape index (κ3) is 4.17. The second-order valence-electron chi connectivity index (χ2n) is 4.85. The van der Waals surface area contributed by atoms with Crippen LogP contribution in [0.4, 0.5) is 0 Å². The number of aromatic nitrogens is 1. The van der Waals surface area contributed by atoms with Crippen molar-refractivity contribution in [3.63, 3.8) is 0 Å². The molecule has 0 saturated carbocycles. The first-order valence-electron chi connectivity index (χ1n) is 7.22. The van der Waals surface area contributed by atoms with E-state index in [0.717, 1.165) is 0 Å². The zero-order valence-corrected chi connectivity index (χ0v) is 12.8. The van der Waals surface area contributed by atoms with Gasteiger partial charge in [-0.15, -0.1) is 6.58 Å². The van der Waals surface area contributed by atoms with Crippen LogP contribution in [0.25, 0.3) is 11.1 Å². The fourth-order valence-corrected chi connectivity index (χ4v) is 2.17. The van der Waals surface area contributed by atoms with Crippen LogP contribution in [-0.4, -0.2) is 35.9 Å². The van der Waals surface area contributed by atoms with Crippen molar-refractivity contribution in [2.45, 2.75) is 19.4 Å². The van der Waals surface area contributed by atoms with E-state index in [1.54, 1.807) is 25.1 Å². The molecule has 7 nitrogen and oxygen atoms in total. The van der Waals surface area contributed by atoms with E-state index >= 15 is 0 Å². The second-order valence-corrected chi connectivity index (χ2v) is 4.85. The largest absolute Gasteiger partial charge is 0.466 e. The molecular formula is C16H18N2O5. The minimum atomic E-state index is -0.741. The molecule has 1 heterocycles. The molecule has 1 aromatic heterocycles. The molecule has 2 rings (SSSR count). The van der Waals surface area contributed by atoms with Crippen molar-refractivity contribution in [1.82, 2.24) is 10.3 Å². The molecule has 0 saturated heterocycles. The van der Waals surface area contributed by atoms with Crippen LogP contribution in [0.15, 0.2) is 40.1 Å². The Hall–Kier alpha value is -2.67. The maximum atomic E-state index is 12.6. The second kappa shape index (κ2) is 7.55. The van der Waals surface area contributed by atoms with Gasteiger partial charge < -0.3 is 14.5 Å². The molecule has 122 valence electrons. The maximum Gasteiger partial charge on any atom is 0.417 e. The number of esters is 1. The van der Waals surface area contributed by atoms with Gasteiger partial charge in [0, 0.05) is 12.1 Å². The Morgan fingerprint density at radius 3 is 2.96 bits per heavy atom. The maximum absolute atomic E-state index is 12.6. The molecule has 2 N–H and O–H groups in total. The first-order chi connectivity index (χ1) is 11.0. The molecule has 0 spiro atoms. The predicted octanol–water partition coefficient (Wildman–Crippen LogP) is 1.40. The number of carbonyl (C=O) groups excluding carboxylic acids is 2. The van der Waals surface area contributed by atoms with Crippen molar-refractivity contribution in [2.24, 2.45) is 0 Å². The number of ketones is 1. The highest BCUT2D eigenvalue weighted by Gasteiger charge is 2.23. The number of hydrogen-bond donors (Lipinski definition) is 2. The summed E-state index contributed by atoms with van der Waals surface area (Å²) < 4.78 is 9.84. The fourth-order valence-electron chi connectivity index (χ4n) is 2.17. The first kappa shape index (κ1) is 16.7. The summed E-state index contributed by atoms with van der Waals surface area (Å²) in [5.74, 6) is -1.33. The summed E-state index contributed by atoms with van der Waals surface area (Å²) in [7, 11) is 0.